The SMILES string of the molecule is N#CCCN(Cc1ccco1)C(=O)c1csc(Br)c1. The van der Waals surface area contributed by atoms with Crippen molar-refractivity contribution in [2.45, 2.75) is 13.0 Å². The van der Waals surface area contributed by atoms with Crippen LogP contribution in [0.1, 0.15) is 22.5 Å². The van der Waals surface area contributed by atoms with Crippen molar-refractivity contribution in [2.24, 2.45) is 0 Å². The van der Waals surface area contributed by atoms with Crippen LogP contribution in [0.15, 0.2) is 38.0 Å². The highest BCUT2D eigenvalue weighted by Gasteiger charge is 2.18. The van der Waals surface area contributed by atoms with Gasteiger partial charge in [-0.2, -0.15) is 5.26 Å². The number of amides is 1. The summed E-state index contributed by atoms with van der Waals surface area (Å²) in [4.78, 5) is 14.0. The molecular formula is C13H11BrN2O2S. The molecule has 0 aliphatic carbocycles. The van der Waals surface area contributed by atoms with Gasteiger partial charge in [0.15, 0.2) is 0 Å². The molecule has 0 spiro atoms. The first-order valence-corrected chi connectivity index (χ1v) is 7.30. The Morgan fingerprint density at radius 3 is 3.00 bits per heavy atom. The molecule has 0 N–H and O–H groups in total. The highest BCUT2D eigenvalue weighted by atomic mass is 79.9. The predicted molar refractivity (Wildman–Crippen MR) is 75.7 cm³/mol. The van der Waals surface area contributed by atoms with Gasteiger partial charge in [0.05, 0.1) is 34.6 Å². The fourth-order valence-corrected chi connectivity index (χ4v) is 2.76. The number of furan rings is 1. The molecule has 2 rings (SSSR count). The number of halogens is 1. The van der Waals surface area contributed by atoms with E-state index in [0.717, 1.165) is 3.79 Å². The number of nitriles is 1. The molecule has 4 nitrogen and oxygen atoms in total. The lowest BCUT2D eigenvalue weighted by Gasteiger charge is -2.19. The number of rotatable bonds is 5. The first-order valence-electron chi connectivity index (χ1n) is 5.63. The summed E-state index contributed by atoms with van der Waals surface area (Å²) in [5, 5.41) is 10.5. The van der Waals surface area contributed by atoms with E-state index < -0.39 is 0 Å². The highest BCUT2D eigenvalue weighted by Crippen LogP contribution is 2.22. The summed E-state index contributed by atoms with van der Waals surface area (Å²) in [6.45, 7) is 0.768. The van der Waals surface area contributed by atoms with Crippen molar-refractivity contribution in [3.05, 3.63) is 45.0 Å². The zero-order valence-electron chi connectivity index (χ0n) is 10.0. The Balaban J connectivity index is 2.12. The molecule has 1 amide bonds. The quantitative estimate of drug-likeness (QED) is 0.835. The lowest BCUT2D eigenvalue weighted by molar-refractivity contribution is 0.0736. The largest absolute Gasteiger partial charge is 0.467 e. The van der Waals surface area contributed by atoms with E-state index in [1.54, 1.807) is 28.7 Å². The van der Waals surface area contributed by atoms with E-state index in [1.807, 2.05) is 6.07 Å². The maximum Gasteiger partial charge on any atom is 0.255 e. The number of thiophene rings is 1. The van der Waals surface area contributed by atoms with Gasteiger partial charge in [0.25, 0.3) is 5.91 Å². The number of hydrogen-bond donors (Lipinski definition) is 0. The van der Waals surface area contributed by atoms with Gasteiger partial charge >= 0.3 is 0 Å². The molecule has 6 heteroatoms. The normalized spacial score (nSPS) is 10.1. The van der Waals surface area contributed by atoms with E-state index in [0.29, 0.717) is 30.8 Å². The van der Waals surface area contributed by atoms with Gasteiger partial charge < -0.3 is 9.32 Å². The van der Waals surface area contributed by atoms with Crippen molar-refractivity contribution in [3.8, 4) is 6.07 Å². The summed E-state index contributed by atoms with van der Waals surface area (Å²) >= 11 is 4.80. The zero-order valence-corrected chi connectivity index (χ0v) is 12.4. The second kappa shape index (κ2) is 6.55. The second-order valence-electron chi connectivity index (χ2n) is 3.85. The number of carbonyl (C=O) groups is 1. The summed E-state index contributed by atoms with van der Waals surface area (Å²) in [5.74, 6) is 0.620. The molecule has 2 aromatic rings. The minimum absolute atomic E-state index is 0.0893. The molecule has 2 heterocycles. The molecule has 2 aromatic heterocycles. The van der Waals surface area contributed by atoms with Crippen molar-refractivity contribution >= 4 is 33.2 Å². The fraction of sp³-hybridized carbons (Fsp3) is 0.231. The number of carbonyl (C=O) groups excluding carboxylic acids is 1. The number of nitrogens with zero attached hydrogens (tertiary/aromatic N) is 2. The zero-order chi connectivity index (χ0) is 13.7. The molecule has 0 aliphatic heterocycles. The van der Waals surface area contributed by atoms with Crippen LogP contribution in [0.3, 0.4) is 0 Å². The molecule has 19 heavy (non-hydrogen) atoms. The van der Waals surface area contributed by atoms with Crippen LogP contribution in [0.4, 0.5) is 0 Å². The average molecular weight is 339 g/mol. The third-order valence-electron chi connectivity index (χ3n) is 2.52. The van der Waals surface area contributed by atoms with Crippen LogP contribution in [0, 0.1) is 11.3 Å². The van der Waals surface area contributed by atoms with E-state index in [9.17, 15) is 4.79 Å². The Hall–Kier alpha value is -1.58. The molecule has 0 saturated carbocycles. The fourth-order valence-electron chi connectivity index (χ4n) is 1.63. The minimum Gasteiger partial charge on any atom is -0.467 e. The van der Waals surface area contributed by atoms with Gasteiger partial charge in [0.2, 0.25) is 0 Å². The molecule has 0 radical (unpaired) electrons. The summed E-state index contributed by atoms with van der Waals surface area (Å²) < 4.78 is 6.16. The third-order valence-corrected chi connectivity index (χ3v) is 4.03. The molecule has 98 valence electrons. The molecule has 0 fully saturated rings. The smallest absolute Gasteiger partial charge is 0.255 e. The number of hydrogen-bond acceptors (Lipinski definition) is 4. The highest BCUT2D eigenvalue weighted by molar-refractivity contribution is 9.11. The minimum atomic E-state index is -0.0893. The summed E-state index contributed by atoms with van der Waals surface area (Å²) in [6.07, 6.45) is 1.88. The monoisotopic (exact) mass is 338 g/mol. The first-order chi connectivity index (χ1) is 9.20. The topological polar surface area (TPSA) is 57.2 Å². The second-order valence-corrected chi connectivity index (χ2v) is 6.14. The van der Waals surface area contributed by atoms with Crippen LogP contribution in [0.5, 0.6) is 0 Å². The van der Waals surface area contributed by atoms with E-state index in [4.69, 9.17) is 9.68 Å². The summed E-state index contributed by atoms with van der Waals surface area (Å²) in [5.41, 5.74) is 0.626. The lowest BCUT2D eigenvalue weighted by Crippen LogP contribution is -2.31. The third kappa shape index (κ3) is 3.69. The molecule has 0 saturated heterocycles. The van der Waals surface area contributed by atoms with Gasteiger partial charge in [0.1, 0.15) is 5.76 Å². The van der Waals surface area contributed by atoms with Gasteiger partial charge in [-0.15, -0.1) is 11.3 Å². The molecule has 0 aliphatic rings. The van der Waals surface area contributed by atoms with Crippen molar-refractivity contribution < 1.29 is 9.21 Å². The van der Waals surface area contributed by atoms with Crippen molar-refractivity contribution in [3.63, 3.8) is 0 Å². The van der Waals surface area contributed by atoms with Gasteiger partial charge in [-0.05, 0) is 34.1 Å². The Morgan fingerprint density at radius 1 is 1.58 bits per heavy atom. The van der Waals surface area contributed by atoms with Gasteiger partial charge in [0, 0.05) is 11.9 Å². The van der Waals surface area contributed by atoms with Crippen molar-refractivity contribution in [2.75, 3.05) is 6.54 Å². The predicted octanol–water partition coefficient (Wildman–Crippen LogP) is 3.66. The molecule has 0 bridgehead atoms. The standard InChI is InChI=1S/C13H11BrN2O2S/c14-12-7-10(9-19-12)13(17)16(5-2-4-15)8-11-3-1-6-18-11/h1,3,6-7,9H,2,5,8H2. The molecule has 0 aromatic carbocycles. The van der Waals surface area contributed by atoms with Crippen LogP contribution < -0.4 is 0 Å². The van der Waals surface area contributed by atoms with E-state index in [2.05, 4.69) is 22.0 Å². The van der Waals surface area contributed by atoms with Crippen LogP contribution >= 0.6 is 27.3 Å². The maximum absolute atomic E-state index is 12.4. The molecule has 0 atom stereocenters. The Morgan fingerprint density at radius 2 is 2.42 bits per heavy atom. The Labute approximate surface area is 123 Å². The summed E-state index contributed by atoms with van der Waals surface area (Å²) in [6, 6.07) is 7.44. The van der Waals surface area contributed by atoms with Crippen LogP contribution in [-0.2, 0) is 6.54 Å². The van der Waals surface area contributed by atoms with Crippen LogP contribution in [0.2, 0.25) is 0 Å². The Kier molecular flexibility index (Phi) is 4.77. The van der Waals surface area contributed by atoms with E-state index in [-0.39, 0.29) is 5.91 Å². The average Bonchev–Trinajstić information content (AvgIpc) is 3.05. The molecular weight excluding hydrogens is 328 g/mol. The lowest BCUT2D eigenvalue weighted by atomic mass is 10.2. The molecule has 0 unspecified atom stereocenters. The summed E-state index contributed by atoms with van der Waals surface area (Å²) in [7, 11) is 0. The van der Waals surface area contributed by atoms with Crippen LogP contribution in [-0.4, -0.2) is 17.4 Å². The van der Waals surface area contributed by atoms with Gasteiger partial charge in [-0.25, -0.2) is 0 Å². The van der Waals surface area contributed by atoms with Crippen LogP contribution in [0.25, 0.3) is 0 Å². The van der Waals surface area contributed by atoms with E-state index in [1.165, 1.54) is 11.3 Å². The van der Waals surface area contributed by atoms with Gasteiger partial charge in [-0.3, -0.25) is 4.79 Å². The first kappa shape index (κ1) is 13.8. The van der Waals surface area contributed by atoms with E-state index >= 15 is 0 Å². The van der Waals surface area contributed by atoms with Crippen molar-refractivity contribution in [1.82, 2.24) is 4.90 Å². The van der Waals surface area contributed by atoms with Crippen molar-refractivity contribution in [1.29, 1.82) is 5.26 Å². The Bertz CT molecular complexity index is 586. The van der Waals surface area contributed by atoms with Gasteiger partial charge in [-0.1, -0.05) is 0 Å². The maximum atomic E-state index is 12.4.